The summed E-state index contributed by atoms with van der Waals surface area (Å²) in [4.78, 5) is 4.92. The van der Waals surface area contributed by atoms with Gasteiger partial charge in [-0.15, -0.1) is 0 Å². The minimum absolute atomic E-state index is 0.483. The predicted octanol–water partition coefficient (Wildman–Crippen LogP) is 5.38. The van der Waals surface area contributed by atoms with Crippen molar-refractivity contribution in [1.82, 2.24) is 4.98 Å². The molecule has 0 radical (unpaired) electrons. The van der Waals surface area contributed by atoms with E-state index in [4.69, 9.17) is 4.98 Å². The highest BCUT2D eigenvalue weighted by atomic mass is 15.1. The molecule has 0 amide bonds. The van der Waals surface area contributed by atoms with Gasteiger partial charge in [-0.25, -0.2) is 4.98 Å². The summed E-state index contributed by atoms with van der Waals surface area (Å²) < 4.78 is 0. The summed E-state index contributed by atoms with van der Waals surface area (Å²) in [6.07, 6.45) is 11.3. The van der Waals surface area contributed by atoms with Crippen LogP contribution >= 0.6 is 0 Å². The summed E-state index contributed by atoms with van der Waals surface area (Å²) in [6, 6.07) is 5.51. The van der Waals surface area contributed by atoms with Gasteiger partial charge in [-0.2, -0.15) is 0 Å². The van der Waals surface area contributed by atoms with E-state index in [0.717, 1.165) is 18.7 Å². The quantitative estimate of drug-likeness (QED) is 0.601. The van der Waals surface area contributed by atoms with Crippen LogP contribution < -0.4 is 10.6 Å². The highest BCUT2D eigenvalue weighted by molar-refractivity contribution is 5.65. The summed E-state index contributed by atoms with van der Waals surface area (Å²) in [7, 11) is 0. The lowest BCUT2D eigenvalue weighted by Gasteiger charge is -2.20. The third-order valence-corrected chi connectivity index (χ3v) is 4.70. The van der Waals surface area contributed by atoms with Crippen LogP contribution in [0, 0.1) is 0 Å². The molecule has 2 N–H and O–H groups in total. The van der Waals surface area contributed by atoms with Gasteiger partial charge in [0.15, 0.2) is 0 Å². The number of nitrogens with zero attached hydrogens (tertiary/aromatic N) is 1. The monoisotopic (exact) mass is 303 g/mol. The van der Waals surface area contributed by atoms with Crippen LogP contribution in [0.1, 0.15) is 77.8 Å². The highest BCUT2D eigenvalue weighted by Crippen LogP contribution is 2.27. The van der Waals surface area contributed by atoms with E-state index in [1.54, 1.807) is 0 Å². The molecule has 1 atom stereocenters. The number of hydrogen-bond donors (Lipinski definition) is 2. The lowest BCUT2D eigenvalue weighted by molar-refractivity contribution is 0.704. The van der Waals surface area contributed by atoms with E-state index in [9.17, 15) is 0 Å². The topological polar surface area (TPSA) is 37.0 Å². The molecule has 1 aromatic rings. The number of anilines is 2. The Balaban J connectivity index is 2.08. The normalized spacial score (nSPS) is 16.7. The molecule has 3 heteroatoms. The number of hydrogen-bond acceptors (Lipinski definition) is 3. The summed E-state index contributed by atoms with van der Waals surface area (Å²) in [5, 5.41) is 7.30. The van der Waals surface area contributed by atoms with Crippen molar-refractivity contribution in [3.05, 3.63) is 17.8 Å². The van der Waals surface area contributed by atoms with Crippen LogP contribution in [0.5, 0.6) is 0 Å². The number of aryl methyl sites for hydroxylation is 1. The maximum absolute atomic E-state index is 4.92. The first kappa shape index (κ1) is 17.1. The van der Waals surface area contributed by atoms with Crippen LogP contribution in [-0.2, 0) is 6.42 Å². The Morgan fingerprint density at radius 1 is 1.18 bits per heavy atom. The third-order valence-electron chi connectivity index (χ3n) is 4.70. The van der Waals surface area contributed by atoms with E-state index in [1.165, 1.54) is 56.3 Å². The molecule has 22 heavy (non-hydrogen) atoms. The van der Waals surface area contributed by atoms with Gasteiger partial charge in [0.05, 0.1) is 5.69 Å². The van der Waals surface area contributed by atoms with Crippen LogP contribution in [0.25, 0.3) is 0 Å². The van der Waals surface area contributed by atoms with Crippen LogP contribution in [-0.4, -0.2) is 17.1 Å². The van der Waals surface area contributed by atoms with Gasteiger partial charge in [-0.1, -0.05) is 39.5 Å². The zero-order chi connectivity index (χ0) is 15.8. The molecule has 0 aliphatic heterocycles. The number of pyridine rings is 1. The minimum Gasteiger partial charge on any atom is -0.380 e. The average molecular weight is 303 g/mol. The predicted molar refractivity (Wildman–Crippen MR) is 96.7 cm³/mol. The van der Waals surface area contributed by atoms with Crippen molar-refractivity contribution in [3.8, 4) is 0 Å². The van der Waals surface area contributed by atoms with Gasteiger partial charge in [0.25, 0.3) is 0 Å². The number of aromatic nitrogens is 1. The van der Waals surface area contributed by atoms with Gasteiger partial charge in [0.1, 0.15) is 5.82 Å². The summed E-state index contributed by atoms with van der Waals surface area (Å²) in [6.45, 7) is 6.70. The molecule has 0 aromatic carbocycles. The Morgan fingerprint density at radius 3 is 2.64 bits per heavy atom. The van der Waals surface area contributed by atoms with Crippen LogP contribution in [0.15, 0.2) is 12.1 Å². The van der Waals surface area contributed by atoms with Gasteiger partial charge in [0, 0.05) is 17.8 Å². The molecule has 0 saturated heterocycles. The second-order valence-electron chi connectivity index (χ2n) is 6.74. The standard InChI is InChI=1S/C19H33N3/c1-4-6-7-10-17-13-14-18(20-15(3)5-2)19(22-17)21-16-11-8-9-12-16/h13-16,20H,4-12H2,1-3H3,(H,21,22). The Bertz CT molecular complexity index is 438. The van der Waals surface area contributed by atoms with E-state index >= 15 is 0 Å². The van der Waals surface area contributed by atoms with Gasteiger partial charge >= 0.3 is 0 Å². The lowest BCUT2D eigenvalue weighted by atomic mass is 10.1. The van der Waals surface area contributed by atoms with E-state index in [1.807, 2.05) is 0 Å². The Kier molecular flexibility index (Phi) is 7.01. The number of rotatable bonds is 9. The molecule has 124 valence electrons. The zero-order valence-electron chi connectivity index (χ0n) is 14.6. The first-order chi connectivity index (χ1) is 10.7. The number of unbranched alkanes of at least 4 members (excludes halogenated alkanes) is 2. The molecule has 1 heterocycles. The maximum Gasteiger partial charge on any atom is 0.149 e. The van der Waals surface area contributed by atoms with E-state index in [0.29, 0.717) is 12.1 Å². The molecule has 1 aliphatic rings. The van der Waals surface area contributed by atoms with Crippen LogP contribution in [0.3, 0.4) is 0 Å². The largest absolute Gasteiger partial charge is 0.380 e. The summed E-state index contributed by atoms with van der Waals surface area (Å²) in [5.41, 5.74) is 2.39. The molecule has 3 nitrogen and oxygen atoms in total. The van der Waals surface area contributed by atoms with Gasteiger partial charge in [-0.05, 0) is 51.2 Å². The Morgan fingerprint density at radius 2 is 1.95 bits per heavy atom. The van der Waals surface area contributed by atoms with Gasteiger partial charge in [-0.3, -0.25) is 0 Å². The average Bonchev–Trinajstić information content (AvgIpc) is 3.03. The lowest BCUT2D eigenvalue weighted by Crippen LogP contribution is -2.20. The highest BCUT2D eigenvalue weighted by Gasteiger charge is 2.17. The van der Waals surface area contributed by atoms with Gasteiger partial charge < -0.3 is 10.6 Å². The van der Waals surface area contributed by atoms with Crippen molar-refractivity contribution in [2.45, 2.75) is 90.6 Å². The second-order valence-corrected chi connectivity index (χ2v) is 6.74. The molecule has 0 spiro atoms. The fourth-order valence-electron chi connectivity index (χ4n) is 3.05. The van der Waals surface area contributed by atoms with Crippen molar-refractivity contribution in [1.29, 1.82) is 0 Å². The Hall–Kier alpha value is -1.25. The molecule has 1 unspecified atom stereocenters. The van der Waals surface area contributed by atoms with Crippen LogP contribution in [0.4, 0.5) is 11.5 Å². The van der Waals surface area contributed by atoms with Crippen molar-refractivity contribution in [2.75, 3.05) is 10.6 Å². The molecule has 0 bridgehead atoms. The van der Waals surface area contributed by atoms with Crippen molar-refractivity contribution < 1.29 is 0 Å². The van der Waals surface area contributed by atoms with Crippen molar-refractivity contribution >= 4 is 11.5 Å². The molecule has 1 aromatic heterocycles. The molecule has 1 saturated carbocycles. The van der Waals surface area contributed by atoms with E-state index < -0.39 is 0 Å². The first-order valence-corrected chi connectivity index (χ1v) is 9.26. The van der Waals surface area contributed by atoms with Crippen molar-refractivity contribution in [3.63, 3.8) is 0 Å². The molecular formula is C19H33N3. The number of nitrogens with one attached hydrogen (secondary N) is 2. The molecule has 1 aliphatic carbocycles. The summed E-state index contributed by atoms with van der Waals surface area (Å²) >= 11 is 0. The SMILES string of the molecule is CCCCCc1ccc(NC(C)CC)c(NC2CCCC2)n1. The van der Waals surface area contributed by atoms with Crippen LogP contribution in [0.2, 0.25) is 0 Å². The maximum atomic E-state index is 4.92. The van der Waals surface area contributed by atoms with Crippen molar-refractivity contribution in [2.24, 2.45) is 0 Å². The zero-order valence-corrected chi connectivity index (χ0v) is 14.6. The van der Waals surface area contributed by atoms with Gasteiger partial charge in [0.2, 0.25) is 0 Å². The Labute approximate surface area is 136 Å². The molecular weight excluding hydrogens is 270 g/mol. The minimum atomic E-state index is 0.483. The van der Waals surface area contributed by atoms with E-state index in [2.05, 4.69) is 43.5 Å². The summed E-state index contributed by atoms with van der Waals surface area (Å²) in [5.74, 6) is 1.07. The smallest absolute Gasteiger partial charge is 0.149 e. The fraction of sp³-hybridized carbons (Fsp3) is 0.737. The molecule has 1 fully saturated rings. The fourth-order valence-corrected chi connectivity index (χ4v) is 3.05. The first-order valence-electron chi connectivity index (χ1n) is 9.26. The van der Waals surface area contributed by atoms with E-state index in [-0.39, 0.29) is 0 Å². The third kappa shape index (κ3) is 5.19. The second kappa shape index (κ2) is 9.02. The molecule has 2 rings (SSSR count).